The van der Waals surface area contributed by atoms with E-state index >= 15 is 0 Å². The Balaban J connectivity index is 1.40. The SMILES string of the molecule is O=C1C=C(Br)C(=O)C2=C1C(c1ccc(O)c3ccccc13)C1=CCC3C(=O)N(C4CCCCC4)C(=O)C3C1C2. The van der Waals surface area contributed by atoms with Crippen LogP contribution in [0.4, 0.5) is 0 Å². The molecule has 1 N–H and O–H groups in total. The normalized spacial score (nSPS) is 29.3. The number of carbonyl (C=O) groups is 4. The van der Waals surface area contributed by atoms with Crippen molar-refractivity contribution in [1.29, 1.82) is 0 Å². The number of phenolic OH excluding ortho intramolecular Hbond substituents is 1. The van der Waals surface area contributed by atoms with Crippen molar-refractivity contribution in [2.75, 3.05) is 0 Å². The van der Waals surface area contributed by atoms with E-state index in [1.54, 1.807) is 11.0 Å². The number of ketones is 2. The number of halogens is 1. The van der Waals surface area contributed by atoms with Crippen molar-refractivity contribution in [3.63, 3.8) is 0 Å². The molecule has 0 radical (unpaired) electrons. The van der Waals surface area contributed by atoms with Crippen molar-refractivity contribution < 1.29 is 24.3 Å². The zero-order chi connectivity index (χ0) is 27.0. The average molecular weight is 586 g/mol. The van der Waals surface area contributed by atoms with Crippen molar-refractivity contribution in [2.24, 2.45) is 17.8 Å². The van der Waals surface area contributed by atoms with E-state index in [0.717, 1.165) is 48.6 Å². The largest absolute Gasteiger partial charge is 0.507 e. The number of fused-ring (bicyclic) bond motifs is 4. The van der Waals surface area contributed by atoms with Gasteiger partial charge in [0.1, 0.15) is 5.75 Å². The van der Waals surface area contributed by atoms with Gasteiger partial charge in [0.05, 0.1) is 16.3 Å². The summed E-state index contributed by atoms with van der Waals surface area (Å²) in [5, 5.41) is 12.0. The first kappa shape index (κ1) is 24.7. The second-order valence-corrected chi connectivity index (χ2v) is 12.3. The smallest absolute Gasteiger partial charge is 0.233 e. The van der Waals surface area contributed by atoms with Gasteiger partial charge in [-0.1, -0.05) is 61.2 Å². The number of hydrogen-bond acceptors (Lipinski definition) is 5. The molecule has 4 aliphatic carbocycles. The van der Waals surface area contributed by atoms with Crippen molar-refractivity contribution in [3.8, 4) is 5.75 Å². The van der Waals surface area contributed by atoms with Gasteiger partial charge in [0.2, 0.25) is 11.8 Å². The highest BCUT2D eigenvalue weighted by Crippen LogP contribution is 2.56. The van der Waals surface area contributed by atoms with Crippen molar-refractivity contribution in [1.82, 2.24) is 4.90 Å². The zero-order valence-corrected chi connectivity index (χ0v) is 22.9. The first-order valence-corrected chi connectivity index (χ1v) is 14.6. The first-order chi connectivity index (χ1) is 18.9. The van der Waals surface area contributed by atoms with Crippen LogP contribution in [0.5, 0.6) is 5.75 Å². The van der Waals surface area contributed by atoms with E-state index in [4.69, 9.17) is 0 Å². The fourth-order valence-corrected chi connectivity index (χ4v) is 8.29. The molecule has 39 heavy (non-hydrogen) atoms. The molecule has 1 heterocycles. The summed E-state index contributed by atoms with van der Waals surface area (Å²) >= 11 is 3.29. The van der Waals surface area contributed by atoms with Crippen LogP contribution < -0.4 is 0 Å². The fraction of sp³-hybridized carbons (Fsp3) is 0.375. The monoisotopic (exact) mass is 585 g/mol. The molecule has 2 aromatic rings. The molecule has 2 aromatic carbocycles. The Kier molecular flexibility index (Phi) is 5.78. The molecular weight excluding hydrogens is 558 g/mol. The Morgan fingerprint density at radius 3 is 2.38 bits per heavy atom. The Hall–Kier alpha value is -3.32. The zero-order valence-electron chi connectivity index (χ0n) is 21.4. The van der Waals surface area contributed by atoms with Gasteiger partial charge < -0.3 is 5.11 Å². The summed E-state index contributed by atoms with van der Waals surface area (Å²) in [5.74, 6) is -2.36. The van der Waals surface area contributed by atoms with Gasteiger partial charge in [0.25, 0.3) is 0 Å². The second-order valence-electron chi connectivity index (χ2n) is 11.5. The van der Waals surface area contributed by atoms with Crippen LogP contribution in [0, 0.1) is 17.8 Å². The van der Waals surface area contributed by atoms with Gasteiger partial charge in [-0.2, -0.15) is 0 Å². The molecule has 1 saturated heterocycles. The summed E-state index contributed by atoms with van der Waals surface area (Å²) in [6.45, 7) is 0. The van der Waals surface area contributed by atoms with E-state index < -0.39 is 17.8 Å². The standard InChI is InChI=1S/C32H28BrNO5/c33-24-15-26(36)29-23(30(24)37)14-22-20(27(29)19-12-13-25(35)18-9-5-4-8-17(18)19)10-11-21-28(22)32(39)34(31(21)38)16-6-2-1-3-7-16/h4-5,8-10,12-13,15-16,21-22,27-28,35H,1-3,6-7,11,14H2. The Morgan fingerprint density at radius 2 is 1.62 bits per heavy atom. The molecule has 198 valence electrons. The minimum absolute atomic E-state index is 0.0435. The lowest BCUT2D eigenvalue weighted by Gasteiger charge is -2.42. The van der Waals surface area contributed by atoms with E-state index in [2.05, 4.69) is 22.0 Å². The predicted octanol–water partition coefficient (Wildman–Crippen LogP) is 5.64. The fourth-order valence-electron chi connectivity index (χ4n) is 7.84. The number of nitrogens with zero attached hydrogens (tertiary/aromatic N) is 1. The molecule has 1 saturated carbocycles. The molecule has 2 amide bonds. The molecule has 6 nitrogen and oxygen atoms in total. The summed E-state index contributed by atoms with van der Waals surface area (Å²) in [4.78, 5) is 56.2. The minimum atomic E-state index is -0.537. The third kappa shape index (κ3) is 3.58. The third-order valence-corrected chi connectivity index (χ3v) is 10.1. The highest BCUT2D eigenvalue weighted by atomic mass is 79.9. The summed E-state index contributed by atoms with van der Waals surface area (Å²) < 4.78 is 0.220. The van der Waals surface area contributed by atoms with E-state index in [0.29, 0.717) is 23.0 Å². The van der Waals surface area contributed by atoms with Crippen LogP contribution in [0.15, 0.2) is 69.8 Å². The molecule has 0 aromatic heterocycles. The molecule has 5 aliphatic rings. The summed E-state index contributed by atoms with van der Waals surface area (Å²) in [6.07, 6.45) is 8.99. The van der Waals surface area contributed by atoms with Crippen LogP contribution in [0.25, 0.3) is 10.8 Å². The van der Waals surface area contributed by atoms with Crippen LogP contribution >= 0.6 is 15.9 Å². The lowest BCUT2D eigenvalue weighted by molar-refractivity contribution is -0.143. The highest BCUT2D eigenvalue weighted by Gasteiger charge is 2.57. The number of benzene rings is 2. The number of amides is 2. The first-order valence-electron chi connectivity index (χ1n) is 13.8. The number of likely N-dealkylation sites (tertiary alicyclic amines) is 1. The number of rotatable bonds is 2. The molecule has 0 spiro atoms. The third-order valence-electron chi connectivity index (χ3n) is 9.55. The van der Waals surface area contributed by atoms with Crippen LogP contribution in [0.3, 0.4) is 0 Å². The van der Waals surface area contributed by atoms with Crippen molar-refractivity contribution in [3.05, 3.63) is 75.3 Å². The molecule has 4 unspecified atom stereocenters. The maximum Gasteiger partial charge on any atom is 0.233 e. The Morgan fingerprint density at radius 1 is 0.872 bits per heavy atom. The van der Waals surface area contributed by atoms with E-state index in [1.165, 1.54) is 6.08 Å². The number of Topliss-reactive ketones (excluding diaryl/α,β-unsaturated/α-hetero) is 1. The van der Waals surface area contributed by atoms with Crippen LogP contribution in [-0.4, -0.2) is 39.4 Å². The van der Waals surface area contributed by atoms with Gasteiger partial charge >= 0.3 is 0 Å². The summed E-state index contributed by atoms with van der Waals surface area (Å²) in [7, 11) is 0. The van der Waals surface area contributed by atoms with Gasteiger partial charge in [-0.15, -0.1) is 0 Å². The van der Waals surface area contributed by atoms with E-state index in [9.17, 15) is 24.3 Å². The lowest BCUT2D eigenvalue weighted by atomic mass is 9.59. The molecule has 7 heteroatoms. The number of aromatic hydroxyl groups is 1. The van der Waals surface area contributed by atoms with Gasteiger partial charge in [0, 0.05) is 34.6 Å². The number of carbonyl (C=O) groups excluding carboxylic acids is 4. The van der Waals surface area contributed by atoms with Gasteiger partial charge in [-0.3, -0.25) is 24.1 Å². The number of imide groups is 1. The van der Waals surface area contributed by atoms with Crippen molar-refractivity contribution >= 4 is 50.1 Å². The molecule has 7 rings (SSSR count). The quantitative estimate of drug-likeness (QED) is 0.280. The Labute approximate surface area is 234 Å². The highest BCUT2D eigenvalue weighted by molar-refractivity contribution is 9.12. The second kappa shape index (κ2) is 9.12. The molecule has 1 aliphatic heterocycles. The summed E-state index contributed by atoms with van der Waals surface area (Å²) in [6, 6.07) is 10.9. The van der Waals surface area contributed by atoms with Crippen LogP contribution in [0.2, 0.25) is 0 Å². The topological polar surface area (TPSA) is 91.8 Å². The summed E-state index contributed by atoms with van der Waals surface area (Å²) in [5.41, 5.74) is 2.63. The van der Waals surface area contributed by atoms with Gasteiger partial charge in [-0.05, 0) is 64.5 Å². The molecular formula is C32H28BrNO5. The van der Waals surface area contributed by atoms with E-state index in [-0.39, 0.29) is 52.0 Å². The van der Waals surface area contributed by atoms with Crippen LogP contribution in [0.1, 0.15) is 56.4 Å². The number of phenols is 1. The minimum Gasteiger partial charge on any atom is -0.507 e. The Bertz CT molecular complexity index is 1580. The average Bonchev–Trinajstić information content (AvgIpc) is 3.21. The van der Waals surface area contributed by atoms with E-state index in [1.807, 2.05) is 30.3 Å². The number of allylic oxidation sites excluding steroid dienone is 6. The van der Waals surface area contributed by atoms with Crippen LogP contribution in [-0.2, 0) is 19.2 Å². The molecule has 2 fully saturated rings. The molecule has 0 bridgehead atoms. The van der Waals surface area contributed by atoms with Gasteiger partial charge in [0.15, 0.2) is 11.6 Å². The maximum absolute atomic E-state index is 14.0. The number of hydrogen-bond donors (Lipinski definition) is 1. The van der Waals surface area contributed by atoms with Crippen molar-refractivity contribution in [2.45, 2.75) is 56.9 Å². The predicted molar refractivity (Wildman–Crippen MR) is 149 cm³/mol. The van der Waals surface area contributed by atoms with Gasteiger partial charge in [-0.25, -0.2) is 0 Å². The maximum atomic E-state index is 14.0. The lowest BCUT2D eigenvalue weighted by Crippen LogP contribution is -2.43. The molecule has 4 atom stereocenters.